The van der Waals surface area contributed by atoms with Gasteiger partial charge in [-0.2, -0.15) is 5.10 Å². The van der Waals surface area contributed by atoms with E-state index in [1.165, 1.54) is 5.56 Å². The Bertz CT molecular complexity index is 650. The van der Waals surface area contributed by atoms with Gasteiger partial charge in [0.25, 0.3) is 0 Å². The van der Waals surface area contributed by atoms with Gasteiger partial charge < -0.3 is 4.74 Å². The Balaban J connectivity index is 2.01. The molecule has 0 bridgehead atoms. The van der Waals surface area contributed by atoms with Gasteiger partial charge in [0.2, 0.25) is 5.69 Å². The Morgan fingerprint density at radius 3 is 2.77 bits per heavy atom. The van der Waals surface area contributed by atoms with Crippen molar-refractivity contribution in [3.05, 3.63) is 41.1 Å². The van der Waals surface area contributed by atoms with Crippen molar-refractivity contribution < 1.29 is 9.53 Å². The Kier molecular flexibility index (Phi) is 5.60. The van der Waals surface area contributed by atoms with Gasteiger partial charge in [-0.05, 0) is 24.0 Å². The van der Waals surface area contributed by atoms with E-state index in [0.29, 0.717) is 17.5 Å². The number of nitrogens with one attached hydrogen (secondary N) is 1. The summed E-state index contributed by atoms with van der Waals surface area (Å²) < 4.78 is 8.64. The fourth-order valence-electron chi connectivity index (χ4n) is 1.73. The summed E-state index contributed by atoms with van der Waals surface area (Å²) >= 11 is 1.06. The molecule has 1 aromatic heterocycles. The molecule has 0 saturated carbocycles. The van der Waals surface area contributed by atoms with E-state index in [1.807, 2.05) is 12.1 Å². The van der Waals surface area contributed by atoms with Gasteiger partial charge in [-0.3, -0.25) is 5.43 Å². The number of hydrazone groups is 1. The van der Waals surface area contributed by atoms with Crippen molar-refractivity contribution in [1.29, 1.82) is 0 Å². The zero-order valence-corrected chi connectivity index (χ0v) is 13.6. The molecule has 1 aromatic carbocycles. The smallest absolute Gasteiger partial charge is 0.362 e. The zero-order chi connectivity index (χ0) is 15.9. The molecule has 2 rings (SSSR count). The molecule has 0 fully saturated rings. The van der Waals surface area contributed by atoms with Crippen molar-refractivity contribution in [2.75, 3.05) is 12.0 Å². The third-order valence-corrected chi connectivity index (χ3v) is 3.57. The molecule has 1 N–H and O–H groups in total. The summed E-state index contributed by atoms with van der Waals surface area (Å²) in [5.41, 5.74) is 5.18. The molecule has 0 unspecified atom stereocenters. The van der Waals surface area contributed by atoms with Crippen LogP contribution in [-0.4, -0.2) is 28.4 Å². The molecule has 116 valence electrons. The van der Waals surface area contributed by atoms with Crippen molar-refractivity contribution in [2.24, 2.45) is 5.10 Å². The van der Waals surface area contributed by atoms with Crippen molar-refractivity contribution in [2.45, 2.75) is 26.7 Å². The second-order valence-corrected chi connectivity index (χ2v) is 5.62. The Labute approximate surface area is 133 Å². The molecular weight excluding hydrogens is 300 g/mol. The molecular formula is C15H18N4O2S. The van der Waals surface area contributed by atoms with Crippen LogP contribution in [0, 0.1) is 0 Å². The summed E-state index contributed by atoms with van der Waals surface area (Å²) in [7, 11) is 0. The molecule has 0 radical (unpaired) electrons. The first kappa shape index (κ1) is 16.1. The van der Waals surface area contributed by atoms with Crippen LogP contribution >= 0.6 is 11.5 Å². The van der Waals surface area contributed by atoms with Crippen molar-refractivity contribution >= 4 is 28.7 Å². The molecule has 1 heterocycles. The van der Waals surface area contributed by atoms with E-state index < -0.39 is 5.97 Å². The van der Waals surface area contributed by atoms with Gasteiger partial charge in [-0.15, -0.1) is 5.10 Å². The molecule has 7 heteroatoms. The monoisotopic (exact) mass is 318 g/mol. The van der Waals surface area contributed by atoms with Crippen LogP contribution in [0.1, 0.15) is 48.3 Å². The van der Waals surface area contributed by atoms with Crippen molar-refractivity contribution in [3.63, 3.8) is 0 Å². The lowest BCUT2D eigenvalue weighted by molar-refractivity contribution is 0.0520. The number of carbonyl (C=O) groups is 1. The average Bonchev–Trinajstić information content (AvgIpc) is 2.96. The van der Waals surface area contributed by atoms with Crippen LogP contribution in [0.25, 0.3) is 0 Å². The summed E-state index contributed by atoms with van der Waals surface area (Å²) in [5, 5.41) is 8.32. The maximum absolute atomic E-state index is 11.7. The van der Waals surface area contributed by atoms with E-state index in [4.69, 9.17) is 4.74 Å². The summed E-state index contributed by atoms with van der Waals surface area (Å²) in [6, 6.07) is 8.14. The van der Waals surface area contributed by atoms with Gasteiger partial charge in [0, 0.05) is 11.5 Å². The number of ether oxygens (including phenoxy) is 1. The van der Waals surface area contributed by atoms with Gasteiger partial charge in [-0.25, -0.2) is 4.79 Å². The van der Waals surface area contributed by atoms with Gasteiger partial charge in [0.1, 0.15) is 0 Å². The lowest BCUT2D eigenvalue weighted by atomic mass is 10.0. The Morgan fingerprint density at radius 2 is 2.14 bits per heavy atom. The minimum Gasteiger partial charge on any atom is -0.461 e. The van der Waals surface area contributed by atoms with E-state index in [0.717, 1.165) is 17.1 Å². The highest BCUT2D eigenvalue weighted by Crippen LogP contribution is 2.18. The number of benzene rings is 1. The number of rotatable bonds is 6. The van der Waals surface area contributed by atoms with Crippen LogP contribution < -0.4 is 5.43 Å². The zero-order valence-electron chi connectivity index (χ0n) is 12.7. The van der Waals surface area contributed by atoms with Gasteiger partial charge in [0.05, 0.1) is 12.8 Å². The van der Waals surface area contributed by atoms with E-state index in [9.17, 15) is 4.79 Å². The summed E-state index contributed by atoms with van der Waals surface area (Å²) in [6.07, 6.45) is 1.68. The highest BCUT2D eigenvalue weighted by atomic mass is 32.1. The van der Waals surface area contributed by atoms with E-state index in [1.54, 1.807) is 13.1 Å². The van der Waals surface area contributed by atoms with Gasteiger partial charge >= 0.3 is 5.97 Å². The largest absolute Gasteiger partial charge is 0.461 e. The van der Waals surface area contributed by atoms with Crippen LogP contribution in [0.5, 0.6) is 0 Å². The van der Waals surface area contributed by atoms with Crippen molar-refractivity contribution in [3.8, 4) is 0 Å². The lowest BCUT2D eigenvalue weighted by Gasteiger charge is -2.04. The first-order valence-corrected chi connectivity index (χ1v) is 7.77. The highest BCUT2D eigenvalue weighted by Gasteiger charge is 2.17. The van der Waals surface area contributed by atoms with Crippen LogP contribution in [0.15, 0.2) is 29.4 Å². The minimum atomic E-state index is -0.504. The third-order valence-electron chi connectivity index (χ3n) is 2.94. The number of esters is 1. The number of anilines is 1. The van der Waals surface area contributed by atoms with Crippen molar-refractivity contribution in [1.82, 2.24) is 9.59 Å². The summed E-state index contributed by atoms with van der Waals surface area (Å²) in [5.74, 6) is -0.00486. The number of nitrogens with zero attached hydrogens (tertiary/aromatic N) is 3. The quantitative estimate of drug-likeness (QED) is 0.502. The molecule has 0 aliphatic heterocycles. The Hall–Kier alpha value is -2.28. The number of carbonyl (C=O) groups excluding carboxylic acids is 1. The molecule has 0 saturated heterocycles. The van der Waals surface area contributed by atoms with Gasteiger partial charge in [-0.1, -0.05) is 42.6 Å². The maximum atomic E-state index is 11.7. The minimum absolute atomic E-state index is 0.152. The summed E-state index contributed by atoms with van der Waals surface area (Å²) in [4.78, 5) is 11.7. The maximum Gasteiger partial charge on any atom is 0.362 e. The molecule has 0 aliphatic rings. The molecule has 0 atom stereocenters. The molecule has 2 aromatic rings. The fourth-order valence-corrected chi connectivity index (χ4v) is 2.24. The number of aromatic nitrogens is 2. The normalized spacial score (nSPS) is 11.1. The second kappa shape index (κ2) is 7.65. The predicted octanol–water partition coefficient (Wildman–Crippen LogP) is 3.28. The lowest BCUT2D eigenvalue weighted by Crippen LogP contribution is -2.07. The predicted molar refractivity (Wildman–Crippen MR) is 87.6 cm³/mol. The molecule has 0 aliphatic carbocycles. The highest BCUT2D eigenvalue weighted by molar-refractivity contribution is 7.10. The molecule has 22 heavy (non-hydrogen) atoms. The Morgan fingerprint density at radius 1 is 1.41 bits per heavy atom. The van der Waals surface area contributed by atoms with Gasteiger partial charge in [0.15, 0.2) is 5.00 Å². The number of hydrogen-bond acceptors (Lipinski definition) is 7. The van der Waals surface area contributed by atoms with Crippen LogP contribution in [0.4, 0.5) is 5.00 Å². The standard InChI is InChI=1S/C15H18N4O2S/c1-4-21-15(20)13-14(22-19-17-13)18-16-9-11-5-7-12(8-6-11)10(2)3/h5-10,18H,4H2,1-3H3/b16-9-. The molecule has 6 nitrogen and oxygen atoms in total. The van der Waals surface area contributed by atoms with Crippen LogP contribution in [-0.2, 0) is 4.74 Å². The topological polar surface area (TPSA) is 76.5 Å². The molecule has 0 amide bonds. The summed E-state index contributed by atoms with van der Waals surface area (Å²) in [6.45, 7) is 6.34. The molecule has 0 spiro atoms. The van der Waals surface area contributed by atoms with Crippen LogP contribution in [0.2, 0.25) is 0 Å². The van der Waals surface area contributed by atoms with E-state index in [-0.39, 0.29) is 5.69 Å². The fraction of sp³-hybridized carbons (Fsp3) is 0.333. The SMILES string of the molecule is CCOC(=O)c1nnsc1N/N=C\c1ccc(C(C)C)cc1. The van der Waals surface area contributed by atoms with E-state index >= 15 is 0 Å². The van der Waals surface area contributed by atoms with Crippen LogP contribution in [0.3, 0.4) is 0 Å². The van der Waals surface area contributed by atoms with E-state index in [2.05, 4.69) is 46.1 Å². The average molecular weight is 318 g/mol. The second-order valence-electron chi connectivity index (χ2n) is 4.86. The number of hydrogen-bond donors (Lipinski definition) is 1. The third kappa shape index (κ3) is 4.11. The first-order chi connectivity index (χ1) is 10.6. The first-order valence-electron chi connectivity index (χ1n) is 7.00.